The Bertz CT molecular complexity index is 1260. The van der Waals surface area contributed by atoms with Crippen molar-refractivity contribution < 1.29 is 9.53 Å². The van der Waals surface area contributed by atoms with Crippen molar-refractivity contribution in [3.8, 4) is 22.9 Å². The van der Waals surface area contributed by atoms with Crippen molar-refractivity contribution in [2.75, 3.05) is 24.6 Å². The minimum Gasteiger partial charge on any atom is -0.492 e. The molecule has 8 heteroatoms. The Morgan fingerprint density at radius 2 is 2.09 bits per heavy atom. The summed E-state index contributed by atoms with van der Waals surface area (Å²) in [6, 6.07) is 8.78. The SMILES string of the molecule is C=CC(C)C(=O)N1CC2CCC(C1)N2c1ccc(-c2cc(OCC)cn3ncc(C#N)c23)cn1. The van der Waals surface area contributed by atoms with Crippen LogP contribution in [0.25, 0.3) is 16.6 Å². The lowest BCUT2D eigenvalue weighted by molar-refractivity contribution is -0.134. The average Bonchev–Trinajstić information content (AvgIpc) is 3.40. The third-order valence-corrected chi connectivity index (χ3v) is 6.88. The molecule has 0 aromatic carbocycles. The van der Waals surface area contributed by atoms with Crippen LogP contribution < -0.4 is 9.64 Å². The number of likely N-dealkylation sites (tertiary alicyclic amines) is 1. The lowest BCUT2D eigenvalue weighted by Crippen LogP contribution is -2.56. The van der Waals surface area contributed by atoms with E-state index in [0.717, 1.165) is 48.4 Å². The predicted molar refractivity (Wildman–Crippen MR) is 130 cm³/mol. The molecule has 3 aromatic rings. The van der Waals surface area contributed by atoms with E-state index in [9.17, 15) is 10.1 Å². The fraction of sp³-hybridized carbons (Fsp3) is 0.385. The Morgan fingerprint density at radius 1 is 1.32 bits per heavy atom. The first-order valence-corrected chi connectivity index (χ1v) is 11.7. The molecule has 0 N–H and O–H groups in total. The van der Waals surface area contributed by atoms with Crippen LogP contribution in [-0.2, 0) is 4.79 Å². The number of anilines is 1. The zero-order valence-electron chi connectivity index (χ0n) is 19.5. The van der Waals surface area contributed by atoms with Crippen molar-refractivity contribution in [3.63, 3.8) is 0 Å². The first kappa shape index (κ1) is 22.0. The molecular weight excluding hydrogens is 428 g/mol. The van der Waals surface area contributed by atoms with Crippen LogP contribution in [0.15, 0.2) is 49.4 Å². The summed E-state index contributed by atoms with van der Waals surface area (Å²) < 4.78 is 7.41. The van der Waals surface area contributed by atoms with Crippen LogP contribution in [0.1, 0.15) is 32.3 Å². The number of hydrogen-bond acceptors (Lipinski definition) is 6. The van der Waals surface area contributed by atoms with Crippen LogP contribution in [0, 0.1) is 17.2 Å². The lowest BCUT2D eigenvalue weighted by Gasteiger charge is -2.42. The minimum atomic E-state index is -0.158. The number of pyridine rings is 2. The number of nitrogens with zero attached hydrogens (tertiary/aromatic N) is 6. The van der Waals surface area contributed by atoms with Gasteiger partial charge in [0.1, 0.15) is 17.6 Å². The second kappa shape index (κ2) is 8.82. The van der Waals surface area contributed by atoms with E-state index in [-0.39, 0.29) is 23.9 Å². The Hall–Kier alpha value is -3.86. The minimum absolute atomic E-state index is 0.155. The van der Waals surface area contributed by atoms with Gasteiger partial charge in [-0.05, 0) is 38.0 Å². The van der Waals surface area contributed by atoms with Crippen LogP contribution in [0.4, 0.5) is 5.82 Å². The largest absolute Gasteiger partial charge is 0.492 e. The van der Waals surface area contributed by atoms with E-state index in [2.05, 4.69) is 22.6 Å². The zero-order chi connectivity index (χ0) is 23.8. The standard InChI is InChI=1S/C26H28N6O2/c1-4-17(3)26(33)30-14-20-7-8-21(15-30)32(20)24-9-6-18(12-28-24)23-10-22(34-5-2)16-31-25(23)19(11-27)13-29-31/h4,6,9-10,12-13,16-17,20-21H,1,5,7-8,14-15H2,2-3H3. The number of amides is 1. The van der Waals surface area contributed by atoms with Gasteiger partial charge in [-0.25, -0.2) is 9.50 Å². The van der Waals surface area contributed by atoms with Crippen LogP contribution in [0.2, 0.25) is 0 Å². The maximum absolute atomic E-state index is 12.7. The highest BCUT2D eigenvalue weighted by Crippen LogP contribution is 2.36. The average molecular weight is 457 g/mol. The van der Waals surface area contributed by atoms with E-state index in [1.54, 1.807) is 23.0 Å². The number of aromatic nitrogens is 3. The number of ether oxygens (including phenoxy) is 1. The van der Waals surface area contributed by atoms with Gasteiger partial charge in [0.25, 0.3) is 0 Å². The van der Waals surface area contributed by atoms with Crippen molar-refractivity contribution >= 4 is 17.2 Å². The fourth-order valence-electron chi connectivity index (χ4n) is 5.19. The van der Waals surface area contributed by atoms with Gasteiger partial charge in [0.15, 0.2) is 0 Å². The number of hydrogen-bond donors (Lipinski definition) is 0. The van der Waals surface area contributed by atoms with Gasteiger partial charge in [0, 0.05) is 42.5 Å². The maximum Gasteiger partial charge on any atom is 0.229 e. The van der Waals surface area contributed by atoms with E-state index in [0.29, 0.717) is 17.9 Å². The molecule has 2 bridgehead atoms. The topological polar surface area (TPSA) is 86.8 Å². The van der Waals surface area contributed by atoms with Gasteiger partial charge >= 0.3 is 0 Å². The number of piperazine rings is 1. The first-order valence-electron chi connectivity index (χ1n) is 11.7. The normalized spacial score (nSPS) is 20.3. The summed E-state index contributed by atoms with van der Waals surface area (Å²) in [6.45, 7) is 9.58. The van der Waals surface area contributed by atoms with Gasteiger partial charge in [-0.2, -0.15) is 10.4 Å². The van der Waals surface area contributed by atoms with E-state index < -0.39 is 0 Å². The molecule has 174 valence electrons. The highest BCUT2D eigenvalue weighted by molar-refractivity contribution is 5.85. The van der Waals surface area contributed by atoms with E-state index in [1.807, 2.05) is 43.1 Å². The maximum atomic E-state index is 12.7. The van der Waals surface area contributed by atoms with Gasteiger partial charge in [-0.3, -0.25) is 4.79 Å². The zero-order valence-corrected chi connectivity index (χ0v) is 19.5. The Kier molecular flexibility index (Phi) is 5.70. The third-order valence-electron chi connectivity index (χ3n) is 6.88. The molecule has 0 saturated carbocycles. The molecule has 5 rings (SSSR count). The fourth-order valence-corrected chi connectivity index (χ4v) is 5.19. The smallest absolute Gasteiger partial charge is 0.229 e. The molecule has 3 unspecified atom stereocenters. The molecule has 3 aromatic heterocycles. The highest BCUT2D eigenvalue weighted by atomic mass is 16.5. The lowest BCUT2D eigenvalue weighted by atomic mass is 10.0. The predicted octanol–water partition coefficient (Wildman–Crippen LogP) is 3.67. The van der Waals surface area contributed by atoms with Crippen molar-refractivity contribution in [1.82, 2.24) is 19.5 Å². The van der Waals surface area contributed by atoms with Crippen LogP contribution in [-0.4, -0.2) is 57.2 Å². The van der Waals surface area contributed by atoms with Gasteiger partial charge in [0.05, 0.1) is 36.0 Å². The number of carbonyl (C=O) groups is 1. The molecule has 0 radical (unpaired) electrons. The van der Waals surface area contributed by atoms with Gasteiger partial charge in [0.2, 0.25) is 5.91 Å². The van der Waals surface area contributed by atoms with Crippen LogP contribution in [0.3, 0.4) is 0 Å². The Balaban J connectivity index is 1.44. The van der Waals surface area contributed by atoms with Gasteiger partial charge < -0.3 is 14.5 Å². The van der Waals surface area contributed by atoms with Gasteiger partial charge in [-0.1, -0.05) is 13.0 Å². The van der Waals surface area contributed by atoms with Crippen molar-refractivity contribution in [3.05, 3.63) is 55.0 Å². The quantitative estimate of drug-likeness (QED) is 0.526. The molecule has 2 fully saturated rings. The monoisotopic (exact) mass is 456 g/mol. The van der Waals surface area contributed by atoms with Crippen molar-refractivity contribution in [1.29, 1.82) is 5.26 Å². The third kappa shape index (κ3) is 3.67. The van der Waals surface area contributed by atoms with Crippen molar-refractivity contribution in [2.24, 2.45) is 5.92 Å². The first-order chi connectivity index (χ1) is 16.5. The van der Waals surface area contributed by atoms with Crippen LogP contribution >= 0.6 is 0 Å². The molecule has 34 heavy (non-hydrogen) atoms. The molecule has 0 aliphatic carbocycles. The summed E-state index contributed by atoms with van der Waals surface area (Å²) in [5, 5.41) is 13.9. The molecule has 2 saturated heterocycles. The number of rotatable bonds is 6. The van der Waals surface area contributed by atoms with Crippen molar-refractivity contribution in [2.45, 2.75) is 38.8 Å². The Labute approximate surface area is 199 Å². The number of nitriles is 1. The second-order valence-corrected chi connectivity index (χ2v) is 8.95. The Morgan fingerprint density at radius 3 is 2.71 bits per heavy atom. The molecule has 2 aliphatic heterocycles. The highest BCUT2D eigenvalue weighted by Gasteiger charge is 2.42. The van der Waals surface area contributed by atoms with E-state index >= 15 is 0 Å². The summed E-state index contributed by atoms with van der Waals surface area (Å²) >= 11 is 0. The summed E-state index contributed by atoms with van der Waals surface area (Å²) in [4.78, 5) is 21.9. The second-order valence-electron chi connectivity index (χ2n) is 8.95. The van der Waals surface area contributed by atoms with E-state index in [1.165, 1.54) is 0 Å². The summed E-state index contributed by atoms with van der Waals surface area (Å²) in [5.41, 5.74) is 3.00. The summed E-state index contributed by atoms with van der Waals surface area (Å²) in [6.07, 6.45) is 9.04. The summed E-state index contributed by atoms with van der Waals surface area (Å²) in [7, 11) is 0. The summed E-state index contributed by atoms with van der Waals surface area (Å²) in [5.74, 6) is 1.61. The molecule has 5 heterocycles. The van der Waals surface area contributed by atoms with Crippen LogP contribution in [0.5, 0.6) is 5.75 Å². The number of carbonyl (C=O) groups excluding carboxylic acids is 1. The molecular formula is C26H28N6O2. The molecule has 3 atom stereocenters. The van der Waals surface area contributed by atoms with Gasteiger partial charge in [-0.15, -0.1) is 6.58 Å². The molecule has 1 amide bonds. The molecule has 2 aliphatic rings. The van der Waals surface area contributed by atoms with E-state index in [4.69, 9.17) is 9.72 Å². The number of fused-ring (bicyclic) bond motifs is 3. The molecule has 0 spiro atoms. The molecule has 8 nitrogen and oxygen atoms in total.